The van der Waals surface area contributed by atoms with E-state index in [9.17, 15) is 33.6 Å². The topological polar surface area (TPSA) is 229 Å². The van der Waals surface area contributed by atoms with Gasteiger partial charge in [0.1, 0.15) is 29.9 Å². The Morgan fingerprint density at radius 1 is 1.09 bits per heavy atom. The Morgan fingerprint density at radius 2 is 1.81 bits per heavy atom. The van der Waals surface area contributed by atoms with Crippen LogP contribution in [-0.4, -0.2) is 96.0 Å². The predicted molar refractivity (Wildman–Crippen MR) is 166 cm³/mol. The van der Waals surface area contributed by atoms with Gasteiger partial charge in [0.05, 0.1) is 13.7 Å². The van der Waals surface area contributed by atoms with E-state index in [-0.39, 0.29) is 50.4 Å². The molecule has 0 aromatic carbocycles. The molecule has 260 valence electrons. The SMILES string of the molecule is CCOC(=O)/C=C\CC[C@H](NC(=O)c1cc(C)on1)C(=O)N[C@@H](CCC(N)=O)C(=O)N1CCC[C@H]1C(=O)N[C@@H](CC(C)C)C(=O)OC. The lowest BCUT2D eigenvalue weighted by atomic mass is 10.0. The van der Waals surface area contributed by atoms with Crippen LogP contribution >= 0.6 is 0 Å². The summed E-state index contributed by atoms with van der Waals surface area (Å²) in [7, 11) is 1.22. The second kappa shape index (κ2) is 19.0. The first-order valence-electron chi connectivity index (χ1n) is 15.6. The number of hydrogen-bond acceptors (Lipinski definition) is 11. The van der Waals surface area contributed by atoms with Crippen molar-refractivity contribution in [1.29, 1.82) is 0 Å². The fraction of sp³-hybridized carbons (Fsp3) is 0.613. The van der Waals surface area contributed by atoms with Gasteiger partial charge in [-0.15, -0.1) is 0 Å². The van der Waals surface area contributed by atoms with Gasteiger partial charge in [0.15, 0.2) is 5.69 Å². The van der Waals surface area contributed by atoms with Gasteiger partial charge >= 0.3 is 11.9 Å². The van der Waals surface area contributed by atoms with Crippen LogP contribution in [0.2, 0.25) is 0 Å². The number of rotatable bonds is 18. The third-order valence-corrected chi connectivity index (χ3v) is 7.29. The molecule has 0 bridgehead atoms. The Bertz CT molecular complexity index is 1310. The van der Waals surface area contributed by atoms with Crippen molar-refractivity contribution in [3.05, 3.63) is 29.7 Å². The molecule has 16 heteroatoms. The number of aromatic nitrogens is 1. The average Bonchev–Trinajstić information content (AvgIpc) is 3.69. The van der Waals surface area contributed by atoms with Gasteiger partial charge in [0.2, 0.25) is 23.6 Å². The summed E-state index contributed by atoms with van der Waals surface area (Å²) in [6.45, 7) is 7.40. The molecule has 1 aliphatic rings. The van der Waals surface area contributed by atoms with Crippen LogP contribution in [0.15, 0.2) is 22.7 Å². The van der Waals surface area contributed by atoms with E-state index in [0.29, 0.717) is 25.0 Å². The number of carbonyl (C=O) groups excluding carboxylic acids is 7. The predicted octanol–water partition coefficient (Wildman–Crippen LogP) is 0.426. The molecule has 0 unspecified atom stereocenters. The van der Waals surface area contributed by atoms with Crippen LogP contribution in [-0.2, 0) is 38.2 Å². The molecule has 1 aromatic heterocycles. The molecule has 0 aliphatic carbocycles. The summed E-state index contributed by atoms with van der Waals surface area (Å²) in [5.41, 5.74) is 5.28. The minimum absolute atomic E-state index is 0.0144. The second-order valence-corrected chi connectivity index (χ2v) is 11.6. The number of hydrogen-bond donors (Lipinski definition) is 4. The zero-order chi connectivity index (χ0) is 35.1. The number of methoxy groups -OCH3 is 1. The average molecular weight is 663 g/mol. The fourth-order valence-electron chi connectivity index (χ4n) is 5.02. The first kappa shape index (κ1) is 38.4. The number of nitrogens with zero attached hydrogens (tertiary/aromatic N) is 2. The van der Waals surface area contributed by atoms with Gasteiger partial charge in [-0.1, -0.05) is 25.1 Å². The number of allylic oxidation sites excluding steroid dienone is 1. The molecule has 1 fully saturated rings. The van der Waals surface area contributed by atoms with Crippen molar-refractivity contribution in [3.8, 4) is 0 Å². The van der Waals surface area contributed by atoms with E-state index >= 15 is 0 Å². The van der Waals surface area contributed by atoms with Crippen molar-refractivity contribution < 1.29 is 47.6 Å². The van der Waals surface area contributed by atoms with E-state index in [1.165, 1.54) is 30.2 Å². The number of aryl methyl sites for hydroxylation is 1. The summed E-state index contributed by atoms with van der Waals surface area (Å²) in [5, 5.41) is 11.5. The van der Waals surface area contributed by atoms with E-state index in [1.54, 1.807) is 13.8 Å². The van der Waals surface area contributed by atoms with Crippen LogP contribution < -0.4 is 21.7 Å². The van der Waals surface area contributed by atoms with Crippen molar-refractivity contribution in [2.75, 3.05) is 20.3 Å². The minimum atomic E-state index is -1.28. The molecule has 1 saturated heterocycles. The molecule has 2 heterocycles. The second-order valence-electron chi connectivity index (χ2n) is 11.6. The Morgan fingerprint density at radius 3 is 2.40 bits per heavy atom. The highest BCUT2D eigenvalue weighted by molar-refractivity contribution is 5.98. The van der Waals surface area contributed by atoms with Gasteiger partial charge < -0.3 is 40.6 Å². The van der Waals surface area contributed by atoms with Gasteiger partial charge in [0, 0.05) is 25.1 Å². The summed E-state index contributed by atoms with van der Waals surface area (Å²) in [4.78, 5) is 90.6. The third kappa shape index (κ3) is 12.5. The monoisotopic (exact) mass is 662 g/mol. The highest BCUT2D eigenvalue weighted by Gasteiger charge is 2.39. The highest BCUT2D eigenvalue weighted by atomic mass is 16.5. The van der Waals surface area contributed by atoms with Crippen LogP contribution in [0, 0.1) is 12.8 Å². The van der Waals surface area contributed by atoms with Gasteiger partial charge in [-0.3, -0.25) is 24.0 Å². The quantitative estimate of drug-likeness (QED) is 0.124. The zero-order valence-corrected chi connectivity index (χ0v) is 27.5. The van der Waals surface area contributed by atoms with Crippen LogP contribution in [0.3, 0.4) is 0 Å². The Kier molecular flexibility index (Phi) is 15.6. The highest BCUT2D eigenvalue weighted by Crippen LogP contribution is 2.21. The maximum absolute atomic E-state index is 13.8. The van der Waals surface area contributed by atoms with Gasteiger partial charge in [-0.25, -0.2) is 9.59 Å². The maximum Gasteiger partial charge on any atom is 0.330 e. The molecule has 5 N–H and O–H groups in total. The van der Waals surface area contributed by atoms with Crippen molar-refractivity contribution in [2.24, 2.45) is 11.7 Å². The fourth-order valence-corrected chi connectivity index (χ4v) is 5.02. The normalized spacial score (nSPS) is 16.3. The van der Waals surface area contributed by atoms with Crippen LogP contribution in [0.4, 0.5) is 0 Å². The van der Waals surface area contributed by atoms with E-state index in [1.807, 2.05) is 13.8 Å². The molecule has 0 saturated carbocycles. The summed E-state index contributed by atoms with van der Waals surface area (Å²) >= 11 is 0. The van der Waals surface area contributed by atoms with Crippen molar-refractivity contribution in [3.63, 3.8) is 0 Å². The first-order valence-corrected chi connectivity index (χ1v) is 15.6. The molecule has 2 rings (SSSR count). The molecule has 1 aliphatic heterocycles. The molecule has 5 amide bonds. The molecule has 1 aromatic rings. The lowest BCUT2D eigenvalue weighted by molar-refractivity contribution is -0.147. The molecule has 0 spiro atoms. The van der Waals surface area contributed by atoms with Crippen LogP contribution in [0.5, 0.6) is 0 Å². The minimum Gasteiger partial charge on any atom is -0.467 e. The molecular weight excluding hydrogens is 616 g/mol. The van der Waals surface area contributed by atoms with E-state index in [0.717, 1.165) is 0 Å². The van der Waals surface area contributed by atoms with E-state index < -0.39 is 65.6 Å². The largest absolute Gasteiger partial charge is 0.467 e. The molecular formula is C31H46N6O10. The smallest absolute Gasteiger partial charge is 0.330 e. The number of likely N-dealkylation sites (tertiary alicyclic amines) is 1. The number of esters is 2. The van der Waals surface area contributed by atoms with Crippen LogP contribution in [0.25, 0.3) is 0 Å². The summed E-state index contributed by atoms with van der Waals surface area (Å²) < 4.78 is 14.6. The summed E-state index contributed by atoms with van der Waals surface area (Å²) in [6, 6.07) is -2.95. The van der Waals surface area contributed by atoms with Crippen molar-refractivity contribution in [2.45, 2.75) is 96.8 Å². The Hall–Kier alpha value is -4.76. The summed E-state index contributed by atoms with van der Waals surface area (Å²) in [6.07, 6.45) is 3.56. The number of carbonyl (C=O) groups is 7. The molecule has 47 heavy (non-hydrogen) atoms. The standard InChI is InChI=1S/C31H46N6O10/c1-6-46-26(39)12-8-7-10-20(33-28(41)22-17-19(4)47-36-22)27(40)34-21(13-14-25(32)38)30(43)37-15-9-11-24(37)29(42)35-23(16-18(2)3)31(44)45-5/h8,12,17-18,20-21,23-24H,6-7,9-11,13-16H2,1-5H3,(H2,32,38)(H,33,41)(H,34,40)(H,35,42)/b12-8-/t20-,21-,23-,24-/m0/s1. The number of amides is 5. The lowest BCUT2D eigenvalue weighted by Gasteiger charge is -2.30. The third-order valence-electron chi connectivity index (χ3n) is 7.29. The van der Waals surface area contributed by atoms with E-state index in [2.05, 4.69) is 21.1 Å². The van der Waals surface area contributed by atoms with E-state index in [4.69, 9.17) is 19.7 Å². The zero-order valence-electron chi connectivity index (χ0n) is 27.5. The van der Waals surface area contributed by atoms with Gasteiger partial charge in [0.25, 0.3) is 5.91 Å². The number of ether oxygens (including phenoxy) is 2. The number of primary amides is 1. The lowest BCUT2D eigenvalue weighted by Crippen LogP contribution is -2.57. The first-order chi connectivity index (χ1) is 22.3. The number of nitrogens with one attached hydrogen (secondary N) is 3. The van der Waals surface area contributed by atoms with Crippen LogP contribution in [0.1, 0.15) is 82.0 Å². The Labute approximate surface area is 273 Å². The van der Waals surface area contributed by atoms with Crippen molar-refractivity contribution >= 4 is 41.5 Å². The molecule has 16 nitrogen and oxygen atoms in total. The van der Waals surface area contributed by atoms with Gasteiger partial charge in [-0.05, 0) is 58.3 Å². The number of nitrogens with two attached hydrogens (primary N) is 1. The van der Waals surface area contributed by atoms with Crippen molar-refractivity contribution in [1.82, 2.24) is 26.0 Å². The summed E-state index contributed by atoms with van der Waals surface area (Å²) in [5.74, 6) is -4.10. The Balaban J connectivity index is 2.27. The van der Waals surface area contributed by atoms with Gasteiger partial charge in [-0.2, -0.15) is 0 Å². The molecule has 0 radical (unpaired) electrons. The maximum atomic E-state index is 13.8. The molecule has 4 atom stereocenters.